The van der Waals surface area contributed by atoms with Crippen LogP contribution in [0.4, 0.5) is 4.79 Å². The Morgan fingerprint density at radius 1 is 1.11 bits per heavy atom. The van der Waals surface area contributed by atoms with E-state index in [1.165, 1.54) is 4.90 Å². The van der Waals surface area contributed by atoms with Crippen LogP contribution in [-0.4, -0.2) is 42.8 Å². The van der Waals surface area contributed by atoms with Gasteiger partial charge in [0.25, 0.3) is 0 Å². The molecule has 5 heteroatoms. The topological polar surface area (TPSA) is 55.8 Å². The first-order chi connectivity index (χ1) is 8.91. The molecule has 1 saturated heterocycles. The van der Waals surface area contributed by atoms with Crippen LogP contribution >= 0.6 is 0 Å². The van der Waals surface area contributed by atoms with Crippen molar-refractivity contribution in [1.29, 1.82) is 0 Å². The Hall–Kier alpha value is -1.26. The summed E-state index contributed by atoms with van der Waals surface area (Å²) < 4.78 is 10.4. The van der Waals surface area contributed by atoms with E-state index in [1.807, 2.05) is 27.7 Å². The van der Waals surface area contributed by atoms with E-state index < -0.39 is 12.1 Å². The second-order valence-electron chi connectivity index (χ2n) is 5.85. The van der Waals surface area contributed by atoms with Crippen LogP contribution in [0.3, 0.4) is 0 Å². The average Bonchev–Trinajstić information content (AvgIpc) is 2.82. The molecule has 1 fully saturated rings. The minimum Gasteiger partial charge on any atom is -0.464 e. The molecule has 0 aromatic carbocycles. The summed E-state index contributed by atoms with van der Waals surface area (Å²) in [6.07, 6.45) is 1.07. The summed E-state index contributed by atoms with van der Waals surface area (Å²) in [5.74, 6) is 0.275. The number of carbonyl (C=O) groups excluding carboxylic acids is 2. The lowest BCUT2D eigenvalue weighted by molar-refractivity contribution is -0.149. The van der Waals surface area contributed by atoms with Gasteiger partial charge in [0.05, 0.1) is 13.2 Å². The number of ether oxygens (including phenoxy) is 2. The van der Waals surface area contributed by atoms with E-state index >= 15 is 0 Å². The van der Waals surface area contributed by atoms with E-state index in [2.05, 4.69) is 0 Å². The molecule has 0 aliphatic carbocycles. The van der Waals surface area contributed by atoms with Gasteiger partial charge >= 0.3 is 12.1 Å². The standard InChI is InChI=1S/C14H25NO4/c1-10(2)8-18-13(16)12-6-5-7-15(12)14(17)19-9-11(3)4/h10-12H,5-9H2,1-4H3/t12-/m0/s1. The van der Waals surface area contributed by atoms with Crippen molar-refractivity contribution in [2.24, 2.45) is 11.8 Å². The first-order valence-electron chi connectivity index (χ1n) is 7.01. The molecular formula is C14H25NO4. The van der Waals surface area contributed by atoms with Crippen LogP contribution in [0.2, 0.25) is 0 Å². The van der Waals surface area contributed by atoms with Gasteiger partial charge in [-0.2, -0.15) is 0 Å². The molecule has 1 amide bonds. The minimum absolute atomic E-state index is 0.290. The minimum atomic E-state index is -0.474. The molecule has 0 aromatic rings. The maximum atomic E-state index is 11.9. The Labute approximate surface area is 115 Å². The summed E-state index contributed by atoms with van der Waals surface area (Å²) in [5, 5.41) is 0. The molecule has 0 N–H and O–H groups in total. The van der Waals surface area contributed by atoms with E-state index in [0.717, 1.165) is 6.42 Å². The molecule has 0 aromatic heterocycles. The van der Waals surface area contributed by atoms with Crippen LogP contribution in [-0.2, 0) is 14.3 Å². The summed E-state index contributed by atoms with van der Waals surface area (Å²) in [4.78, 5) is 25.3. The van der Waals surface area contributed by atoms with Gasteiger partial charge in [-0.3, -0.25) is 4.90 Å². The number of hydrogen-bond acceptors (Lipinski definition) is 4. The van der Waals surface area contributed by atoms with Crippen LogP contribution in [0, 0.1) is 11.8 Å². The fourth-order valence-corrected chi connectivity index (χ4v) is 1.90. The molecule has 5 nitrogen and oxygen atoms in total. The Balaban J connectivity index is 2.48. The largest absolute Gasteiger partial charge is 0.464 e. The van der Waals surface area contributed by atoms with Crippen molar-refractivity contribution in [3.05, 3.63) is 0 Å². The summed E-state index contributed by atoms with van der Waals surface area (Å²) in [6.45, 7) is 9.26. The maximum absolute atomic E-state index is 11.9. The highest BCUT2D eigenvalue weighted by molar-refractivity contribution is 5.82. The average molecular weight is 271 g/mol. The van der Waals surface area contributed by atoms with Crippen LogP contribution in [0.1, 0.15) is 40.5 Å². The van der Waals surface area contributed by atoms with Gasteiger partial charge in [0.2, 0.25) is 0 Å². The maximum Gasteiger partial charge on any atom is 0.410 e. The zero-order chi connectivity index (χ0) is 14.4. The van der Waals surface area contributed by atoms with Gasteiger partial charge in [-0.1, -0.05) is 27.7 Å². The fourth-order valence-electron chi connectivity index (χ4n) is 1.90. The zero-order valence-corrected chi connectivity index (χ0v) is 12.3. The van der Waals surface area contributed by atoms with Gasteiger partial charge in [0.1, 0.15) is 6.04 Å². The highest BCUT2D eigenvalue weighted by atomic mass is 16.6. The van der Waals surface area contributed by atoms with E-state index in [0.29, 0.717) is 32.1 Å². The van der Waals surface area contributed by atoms with Gasteiger partial charge < -0.3 is 9.47 Å². The number of rotatable bonds is 5. The van der Waals surface area contributed by atoms with Crippen molar-refractivity contribution in [3.8, 4) is 0 Å². The Morgan fingerprint density at radius 3 is 2.26 bits per heavy atom. The molecule has 0 bridgehead atoms. The molecular weight excluding hydrogens is 246 g/mol. The molecule has 1 heterocycles. The van der Waals surface area contributed by atoms with E-state index in [9.17, 15) is 9.59 Å². The molecule has 110 valence electrons. The number of esters is 1. The first-order valence-corrected chi connectivity index (χ1v) is 7.01. The van der Waals surface area contributed by atoms with E-state index in [1.54, 1.807) is 0 Å². The third-order valence-electron chi connectivity index (χ3n) is 2.86. The van der Waals surface area contributed by atoms with Gasteiger partial charge in [0, 0.05) is 6.54 Å². The number of hydrogen-bond donors (Lipinski definition) is 0. The number of likely N-dealkylation sites (tertiary alicyclic amines) is 1. The van der Waals surface area contributed by atoms with Crippen molar-refractivity contribution in [1.82, 2.24) is 4.90 Å². The van der Waals surface area contributed by atoms with Gasteiger partial charge in [-0.15, -0.1) is 0 Å². The number of amides is 1. The summed E-state index contributed by atoms with van der Waals surface area (Å²) >= 11 is 0. The number of nitrogens with zero attached hydrogens (tertiary/aromatic N) is 1. The lowest BCUT2D eigenvalue weighted by atomic mass is 10.2. The summed E-state index contributed by atoms with van der Waals surface area (Å²) in [5.41, 5.74) is 0. The molecule has 1 aliphatic heterocycles. The highest BCUT2D eigenvalue weighted by Gasteiger charge is 2.36. The van der Waals surface area contributed by atoms with Crippen molar-refractivity contribution in [3.63, 3.8) is 0 Å². The van der Waals surface area contributed by atoms with Gasteiger partial charge in [-0.05, 0) is 24.7 Å². The van der Waals surface area contributed by atoms with Crippen LogP contribution in [0.5, 0.6) is 0 Å². The summed E-state index contributed by atoms with van der Waals surface area (Å²) in [6, 6.07) is -0.474. The zero-order valence-electron chi connectivity index (χ0n) is 12.3. The predicted molar refractivity (Wildman–Crippen MR) is 71.7 cm³/mol. The molecule has 0 spiro atoms. The molecule has 1 rings (SSSR count). The van der Waals surface area contributed by atoms with Gasteiger partial charge in [-0.25, -0.2) is 9.59 Å². The SMILES string of the molecule is CC(C)COC(=O)[C@@H]1CCCN1C(=O)OCC(C)C. The third kappa shape index (κ3) is 5.09. The van der Waals surface area contributed by atoms with Crippen molar-refractivity contribution >= 4 is 12.1 Å². The second-order valence-corrected chi connectivity index (χ2v) is 5.85. The van der Waals surface area contributed by atoms with E-state index in [-0.39, 0.29) is 11.9 Å². The molecule has 1 aliphatic rings. The van der Waals surface area contributed by atoms with Crippen LogP contribution in [0.15, 0.2) is 0 Å². The second kappa shape index (κ2) is 7.36. The summed E-state index contributed by atoms with van der Waals surface area (Å²) in [7, 11) is 0. The van der Waals surface area contributed by atoms with Crippen LogP contribution < -0.4 is 0 Å². The van der Waals surface area contributed by atoms with Gasteiger partial charge in [0.15, 0.2) is 0 Å². The monoisotopic (exact) mass is 271 g/mol. The quantitative estimate of drug-likeness (QED) is 0.721. The molecule has 0 radical (unpaired) electrons. The predicted octanol–water partition coefficient (Wildman–Crippen LogP) is 2.44. The lowest BCUT2D eigenvalue weighted by Crippen LogP contribution is -2.42. The Kier molecular flexibility index (Phi) is 6.12. The first kappa shape index (κ1) is 15.8. The smallest absolute Gasteiger partial charge is 0.410 e. The molecule has 0 saturated carbocycles. The molecule has 1 atom stereocenters. The molecule has 19 heavy (non-hydrogen) atoms. The van der Waals surface area contributed by atoms with E-state index in [4.69, 9.17) is 9.47 Å². The third-order valence-corrected chi connectivity index (χ3v) is 2.86. The van der Waals surface area contributed by atoms with Crippen LogP contribution in [0.25, 0.3) is 0 Å². The fraction of sp³-hybridized carbons (Fsp3) is 0.857. The molecule has 0 unspecified atom stereocenters. The van der Waals surface area contributed by atoms with Crippen molar-refractivity contribution in [2.75, 3.05) is 19.8 Å². The number of carbonyl (C=O) groups is 2. The van der Waals surface area contributed by atoms with Crippen molar-refractivity contribution < 1.29 is 19.1 Å². The Bertz CT molecular complexity index is 285. The Morgan fingerprint density at radius 2 is 1.68 bits per heavy atom. The lowest BCUT2D eigenvalue weighted by Gasteiger charge is -2.23. The van der Waals surface area contributed by atoms with Crippen molar-refractivity contribution in [2.45, 2.75) is 46.6 Å². The highest BCUT2D eigenvalue weighted by Crippen LogP contribution is 2.20. The normalized spacial score (nSPS) is 19.1.